The van der Waals surface area contributed by atoms with Gasteiger partial charge in [0.2, 0.25) is 0 Å². The Balaban J connectivity index is 1.61. The zero-order chi connectivity index (χ0) is 17.6. The SMILES string of the molecule is COc1ccc(NC(=O)c2ccc(CSc3ncn[nH]3)cc2)cc1Cl. The van der Waals surface area contributed by atoms with E-state index >= 15 is 0 Å². The van der Waals surface area contributed by atoms with Crippen molar-refractivity contribution in [3.8, 4) is 5.75 Å². The number of halogens is 1. The maximum atomic E-state index is 12.3. The average Bonchev–Trinajstić information content (AvgIpc) is 3.14. The molecule has 3 rings (SSSR count). The van der Waals surface area contributed by atoms with Crippen molar-refractivity contribution < 1.29 is 9.53 Å². The van der Waals surface area contributed by atoms with Crippen molar-refractivity contribution >= 4 is 35.0 Å². The normalized spacial score (nSPS) is 10.5. The van der Waals surface area contributed by atoms with E-state index in [-0.39, 0.29) is 5.91 Å². The monoisotopic (exact) mass is 374 g/mol. The predicted molar refractivity (Wildman–Crippen MR) is 98.3 cm³/mol. The first kappa shape index (κ1) is 17.3. The zero-order valence-corrected chi connectivity index (χ0v) is 14.9. The van der Waals surface area contributed by atoms with Gasteiger partial charge in [-0.25, -0.2) is 4.98 Å². The molecule has 2 N–H and O–H groups in total. The highest BCUT2D eigenvalue weighted by Crippen LogP contribution is 2.27. The molecule has 0 atom stereocenters. The van der Waals surface area contributed by atoms with Gasteiger partial charge in [0, 0.05) is 17.0 Å². The molecule has 2 aromatic carbocycles. The van der Waals surface area contributed by atoms with Gasteiger partial charge >= 0.3 is 0 Å². The minimum absolute atomic E-state index is 0.198. The third kappa shape index (κ3) is 4.52. The molecule has 3 aromatic rings. The first-order chi connectivity index (χ1) is 12.2. The molecule has 0 saturated heterocycles. The first-order valence-corrected chi connectivity index (χ1v) is 8.74. The Morgan fingerprint density at radius 3 is 2.72 bits per heavy atom. The zero-order valence-electron chi connectivity index (χ0n) is 13.3. The van der Waals surface area contributed by atoms with Crippen LogP contribution in [0.15, 0.2) is 53.9 Å². The van der Waals surface area contributed by atoms with Crippen molar-refractivity contribution in [3.63, 3.8) is 0 Å². The van der Waals surface area contributed by atoms with Gasteiger partial charge in [-0.15, -0.1) is 0 Å². The lowest BCUT2D eigenvalue weighted by molar-refractivity contribution is 0.102. The van der Waals surface area contributed by atoms with E-state index in [2.05, 4.69) is 20.5 Å². The van der Waals surface area contributed by atoms with Crippen LogP contribution in [0.1, 0.15) is 15.9 Å². The first-order valence-electron chi connectivity index (χ1n) is 7.37. The van der Waals surface area contributed by atoms with Crippen LogP contribution in [0.25, 0.3) is 0 Å². The standard InChI is InChI=1S/C17H15ClN4O2S/c1-24-15-7-6-13(8-14(15)18)21-16(23)12-4-2-11(3-5-12)9-25-17-19-10-20-22-17/h2-8,10H,9H2,1H3,(H,21,23)(H,19,20,22). The van der Waals surface area contributed by atoms with Crippen molar-refractivity contribution in [2.75, 3.05) is 12.4 Å². The third-order valence-electron chi connectivity index (χ3n) is 3.39. The van der Waals surface area contributed by atoms with Crippen LogP contribution < -0.4 is 10.1 Å². The Kier molecular flexibility index (Phi) is 5.57. The van der Waals surface area contributed by atoms with Crippen LogP contribution >= 0.6 is 23.4 Å². The van der Waals surface area contributed by atoms with Crippen LogP contribution in [-0.4, -0.2) is 28.2 Å². The number of nitrogens with one attached hydrogen (secondary N) is 2. The molecule has 1 amide bonds. The number of benzene rings is 2. The van der Waals surface area contributed by atoms with Crippen LogP contribution in [0.2, 0.25) is 5.02 Å². The summed E-state index contributed by atoms with van der Waals surface area (Å²) in [5, 5.41) is 10.6. The summed E-state index contributed by atoms with van der Waals surface area (Å²) in [5.41, 5.74) is 2.27. The van der Waals surface area contributed by atoms with E-state index in [0.717, 1.165) is 16.5 Å². The van der Waals surface area contributed by atoms with Crippen molar-refractivity contribution in [1.82, 2.24) is 15.2 Å². The van der Waals surface area contributed by atoms with Gasteiger partial charge in [0.05, 0.1) is 12.1 Å². The summed E-state index contributed by atoms with van der Waals surface area (Å²) in [4.78, 5) is 16.4. The second kappa shape index (κ2) is 8.04. The number of hydrogen-bond acceptors (Lipinski definition) is 5. The van der Waals surface area contributed by atoms with Crippen LogP contribution in [0, 0.1) is 0 Å². The number of aromatic amines is 1. The molecule has 0 fully saturated rings. The Bertz CT molecular complexity index is 854. The van der Waals surface area contributed by atoms with Gasteiger partial charge < -0.3 is 10.1 Å². The second-order valence-electron chi connectivity index (χ2n) is 5.08. The molecule has 0 unspecified atom stereocenters. The minimum atomic E-state index is -0.198. The molecule has 0 aliphatic carbocycles. The van der Waals surface area contributed by atoms with E-state index in [1.54, 1.807) is 49.2 Å². The highest BCUT2D eigenvalue weighted by molar-refractivity contribution is 7.98. The summed E-state index contributed by atoms with van der Waals surface area (Å²) in [5.74, 6) is 1.11. The van der Waals surface area contributed by atoms with Gasteiger partial charge in [-0.1, -0.05) is 35.5 Å². The summed E-state index contributed by atoms with van der Waals surface area (Å²) in [6.45, 7) is 0. The number of amides is 1. The molecule has 0 radical (unpaired) electrons. The fraction of sp³-hybridized carbons (Fsp3) is 0.118. The molecule has 0 saturated carbocycles. The largest absolute Gasteiger partial charge is 0.495 e. The van der Waals surface area contributed by atoms with Gasteiger partial charge in [-0.05, 0) is 35.9 Å². The molecule has 25 heavy (non-hydrogen) atoms. The number of nitrogens with zero attached hydrogens (tertiary/aromatic N) is 2. The average molecular weight is 375 g/mol. The van der Waals surface area contributed by atoms with Crippen molar-refractivity contribution in [3.05, 3.63) is 64.9 Å². The van der Waals surface area contributed by atoms with Gasteiger partial charge in [0.25, 0.3) is 5.91 Å². The lowest BCUT2D eigenvalue weighted by Crippen LogP contribution is -2.11. The van der Waals surface area contributed by atoms with Crippen LogP contribution in [0.5, 0.6) is 5.75 Å². The number of thioether (sulfide) groups is 1. The van der Waals surface area contributed by atoms with Gasteiger partial charge in [-0.3, -0.25) is 9.89 Å². The highest BCUT2D eigenvalue weighted by Gasteiger charge is 2.08. The molecule has 0 bridgehead atoms. The predicted octanol–water partition coefficient (Wildman–Crippen LogP) is 4.01. The molecule has 0 aliphatic rings. The number of aromatic nitrogens is 3. The van der Waals surface area contributed by atoms with Gasteiger partial charge in [-0.2, -0.15) is 5.10 Å². The van der Waals surface area contributed by atoms with E-state index in [9.17, 15) is 4.79 Å². The van der Waals surface area contributed by atoms with E-state index in [0.29, 0.717) is 22.0 Å². The van der Waals surface area contributed by atoms with Crippen molar-refractivity contribution in [1.29, 1.82) is 0 Å². The molecular formula is C17H15ClN4O2S. The summed E-state index contributed by atoms with van der Waals surface area (Å²) < 4.78 is 5.10. The van der Waals surface area contributed by atoms with Crippen LogP contribution in [0.3, 0.4) is 0 Å². The molecular weight excluding hydrogens is 360 g/mol. The molecule has 0 aliphatic heterocycles. The molecule has 0 spiro atoms. The van der Waals surface area contributed by atoms with E-state index < -0.39 is 0 Å². The quantitative estimate of drug-likeness (QED) is 0.637. The lowest BCUT2D eigenvalue weighted by atomic mass is 10.1. The van der Waals surface area contributed by atoms with Crippen LogP contribution in [-0.2, 0) is 5.75 Å². The highest BCUT2D eigenvalue weighted by atomic mass is 35.5. The minimum Gasteiger partial charge on any atom is -0.495 e. The van der Waals surface area contributed by atoms with E-state index in [4.69, 9.17) is 16.3 Å². The number of anilines is 1. The number of carbonyl (C=O) groups is 1. The van der Waals surface area contributed by atoms with Gasteiger partial charge in [0.1, 0.15) is 12.1 Å². The molecule has 1 aromatic heterocycles. The maximum absolute atomic E-state index is 12.3. The van der Waals surface area contributed by atoms with Gasteiger partial charge in [0.15, 0.2) is 5.16 Å². The molecule has 6 nitrogen and oxygen atoms in total. The molecule has 128 valence electrons. The number of H-pyrrole nitrogens is 1. The number of rotatable bonds is 6. The summed E-state index contributed by atoms with van der Waals surface area (Å²) >= 11 is 7.61. The van der Waals surface area contributed by atoms with Crippen molar-refractivity contribution in [2.24, 2.45) is 0 Å². The summed E-state index contributed by atoms with van der Waals surface area (Å²) in [6, 6.07) is 12.5. The Morgan fingerprint density at radius 1 is 1.28 bits per heavy atom. The Morgan fingerprint density at radius 2 is 2.08 bits per heavy atom. The Hall–Kier alpha value is -2.51. The van der Waals surface area contributed by atoms with E-state index in [1.165, 1.54) is 6.33 Å². The summed E-state index contributed by atoms with van der Waals surface area (Å²) in [6.07, 6.45) is 1.47. The smallest absolute Gasteiger partial charge is 0.255 e. The topological polar surface area (TPSA) is 79.9 Å². The number of ether oxygens (including phenoxy) is 1. The maximum Gasteiger partial charge on any atom is 0.255 e. The number of methoxy groups -OCH3 is 1. The molecule has 1 heterocycles. The lowest BCUT2D eigenvalue weighted by Gasteiger charge is -2.08. The van der Waals surface area contributed by atoms with Crippen molar-refractivity contribution in [2.45, 2.75) is 10.9 Å². The number of carbonyl (C=O) groups excluding carboxylic acids is 1. The Labute approximate surface area is 154 Å². The molecule has 8 heteroatoms. The fourth-order valence-electron chi connectivity index (χ4n) is 2.12. The summed E-state index contributed by atoms with van der Waals surface area (Å²) in [7, 11) is 1.54. The second-order valence-corrected chi connectivity index (χ2v) is 6.45. The van der Waals surface area contributed by atoms with Crippen LogP contribution in [0.4, 0.5) is 5.69 Å². The van der Waals surface area contributed by atoms with E-state index in [1.807, 2.05) is 12.1 Å². The third-order valence-corrected chi connectivity index (χ3v) is 4.64. The fourth-order valence-corrected chi connectivity index (χ4v) is 3.11. The number of hydrogen-bond donors (Lipinski definition) is 2.